The fourth-order valence-electron chi connectivity index (χ4n) is 2.74. The first kappa shape index (κ1) is 13.9. The van der Waals surface area contributed by atoms with E-state index in [1.54, 1.807) is 0 Å². The lowest BCUT2D eigenvalue weighted by molar-refractivity contribution is -0.120. The van der Waals surface area contributed by atoms with Crippen LogP contribution in [0.3, 0.4) is 0 Å². The normalized spacial score (nSPS) is 17.3. The molecule has 1 aliphatic rings. The van der Waals surface area contributed by atoms with Crippen molar-refractivity contribution in [1.29, 1.82) is 0 Å². The summed E-state index contributed by atoms with van der Waals surface area (Å²) < 4.78 is 26.1. The number of carbonyl (C=O) groups excluding carboxylic acids is 1. The molecule has 1 aliphatic heterocycles. The van der Waals surface area contributed by atoms with E-state index in [1.807, 2.05) is 24.3 Å². The fourth-order valence-corrected chi connectivity index (χ4v) is 2.74. The molecule has 2 aromatic rings. The van der Waals surface area contributed by atoms with E-state index < -0.39 is 11.6 Å². The Hall–Kier alpha value is -2.07. The topological polar surface area (TPSA) is 29.1 Å². The lowest BCUT2D eigenvalue weighted by Gasteiger charge is -2.25. The summed E-state index contributed by atoms with van der Waals surface area (Å²) in [4.78, 5) is 12.4. The van der Waals surface area contributed by atoms with Crippen LogP contribution in [0.2, 0.25) is 0 Å². The van der Waals surface area contributed by atoms with E-state index in [0.29, 0.717) is 5.56 Å². The Morgan fingerprint density at radius 3 is 2.76 bits per heavy atom. The van der Waals surface area contributed by atoms with E-state index in [2.05, 4.69) is 5.32 Å². The summed E-state index contributed by atoms with van der Waals surface area (Å²) in [7, 11) is 0. The van der Waals surface area contributed by atoms with Crippen molar-refractivity contribution in [3.05, 3.63) is 70.8 Å². The van der Waals surface area contributed by atoms with Gasteiger partial charge in [-0.25, -0.2) is 8.78 Å². The number of fused-ring (bicyclic) bond motifs is 1. The Morgan fingerprint density at radius 1 is 1.14 bits per heavy atom. The molecule has 2 aromatic carbocycles. The van der Waals surface area contributed by atoms with E-state index in [-0.39, 0.29) is 18.2 Å². The molecule has 21 heavy (non-hydrogen) atoms. The van der Waals surface area contributed by atoms with Gasteiger partial charge in [-0.2, -0.15) is 0 Å². The van der Waals surface area contributed by atoms with Crippen molar-refractivity contribution in [1.82, 2.24) is 5.32 Å². The van der Waals surface area contributed by atoms with Crippen LogP contribution >= 0.6 is 0 Å². The molecule has 1 N–H and O–H groups in total. The number of ketones is 1. The molecule has 0 saturated heterocycles. The van der Waals surface area contributed by atoms with Crippen LogP contribution < -0.4 is 5.32 Å². The van der Waals surface area contributed by atoms with Gasteiger partial charge in [-0.05, 0) is 35.2 Å². The Balaban J connectivity index is 1.81. The van der Waals surface area contributed by atoms with E-state index in [4.69, 9.17) is 0 Å². The van der Waals surface area contributed by atoms with Crippen LogP contribution in [0.1, 0.15) is 22.7 Å². The Kier molecular flexibility index (Phi) is 3.80. The first-order chi connectivity index (χ1) is 10.1. The molecular formula is C17H15F2NO. The van der Waals surface area contributed by atoms with Gasteiger partial charge in [0, 0.05) is 13.0 Å². The van der Waals surface area contributed by atoms with Crippen LogP contribution in [0, 0.1) is 11.6 Å². The van der Waals surface area contributed by atoms with Gasteiger partial charge in [0.2, 0.25) is 0 Å². The molecule has 0 spiro atoms. The molecule has 0 saturated carbocycles. The molecule has 1 atom stereocenters. The number of Topliss-reactive ketones (excluding diaryl/α,β-unsaturated/α-hetero) is 1. The predicted molar refractivity (Wildman–Crippen MR) is 76.0 cm³/mol. The van der Waals surface area contributed by atoms with Crippen LogP contribution in [0.25, 0.3) is 0 Å². The van der Waals surface area contributed by atoms with E-state index in [0.717, 1.165) is 30.7 Å². The average Bonchev–Trinajstić information content (AvgIpc) is 2.50. The van der Waals surface area contributed by atoms with Crippen molar-refractivity contribution in [3.8, 4) is 0 Å². The summed E-state index contributed by atoms with van der Waals surface area (Å²) in [6.45, 7) is 0.741. The lowest BCUT2D eigenvalue weighted by atomic mass is 9.90. The Bertz CT molecular complexity index is 684. The molecule has 0 aliphatic carbocycles. The van der Waals surface area contributed by atoms with Crippen LogP contribution in [-0.2, 0) is 17.6 Å². The Morgan fingerprint density at radius 2 is 1.95 bits per heavy atom. The number of halogens is 2. The molecule has 0 fully saturated rings. The van der Waals surface area contributed by atoms with Gasteiger partial charge in [0.1, 0.15) is 0 Å². The highest BCUT2D eigenvalue weighted by molar-refractivity contribution is 5.87. The van der Waals surface area contributed by atoms with Crippen LogP contribution in [0.4, 0.5) is 8.78 Å². The minimum Gasteiger partial charge on any atom is -0.303 e. The maximum absolute atomic E-state index is 13.2. The molecule has 1 unspecified atom stereocenters. The molecule has 0 amide bonds. The van der Waals surface area contributed by atoms with Gasteiger partial charge in [0.15, 0.2) is 17.4 Å². The second-order valence-electron chi connectivity index (χ2n) is 5.23. The van der Waals surface area contributed by atoms with Crippen LogP contribution in [0.5, 0.6) is 0 Å². The number of rotatable bonds is 3. The van der Waals surface area contributed by atoms with Crippen molar-refractivity contribution in [3.63, 3.8) is 0 Å². The minimum atomic E-state index is -0.919. The Labute approximate surface area is 121 Å². The highest BCUT2D eigenvalue weighted by atomic mass is 19.2. The number of nitrogens with one attached hydrogen (secondary N) is 1. The monoisotopic (exact) mass is 287 g/mol. The van der Waals surface area contributed by atoms with Gasteiger partial charge < -0.3 is 5.32 Å². The predicted octanol–water partition coefficient (Wildman–Crippen LogP) is 2.96. The van der Waals surface area contributed by atoms with Gasteiger partial charge in [-0.1, -0.05) is 30.3 Å². The summed E-state index contributed by atoms with van der Waals surface area (Å²) in [5, 5.41) is 3.20. The SMILES string of the molecule is O=C(Cc1ccc(F)c(F)c1)C1NCCc2ccccc21. The summed E-state index contributed by atoms with van der Waals surface area (Å²) in [6.07, 6.45) is 0.980. The third-order valence-corrected chi connectivity index (χ3v) is 3.79. The minimum absolute atomic E-state index is 0.0341. The number of benzene rings is 2. The summed E-state index contributed by atoms with van der Waals surface area (Å²) >= 11 is 0. The maximum Gasteiger partial charge on any atom is 0.159 e. The van der Waals surface area contributed by atoms with E-state index in [1.165, 1.54) is 11.6 Å². The maximum atomic E-state index is 13.2. The van der Waals surface area contributed by atoms with Gasteiger partial charge in [0.05, 0.1) is 6.04 Å². The molecule has 0 aromatic heterocycles. The quantitative estimate of drug-likeness (QED) is 0.940. The second-order valence-corrected chi connectivity index (χ2v) is 5.23. The molecule has 0 radical (unpaired) electrons. The smallest absolute Gasteiger partial charge is 0.159 e. The van der Waals surface area contributed by atoms with Gasteiger partial charge in [-0.3, -0.25) is 4.79 Å². The second kappa shape index (κ2) is 5.74. The molecule has 2 nitrogen and oxygen atoms in total. The largest absolute Gasteiger partial charge is 0.303 e. The highest BCUT2D eigenvalue weighted by Crippen LogP contribution is 2.24. The molecule has 108 valence electrons. The summed E-state index contributed by atoms with van der Waals surface area (Å²) in [6, 6.07) is 11.0. The van der Waals surface area contributed by atoms with Crippen molar-refractivity contribution in [2.45, 2.75) is 18.9 Å². The number of hydrogen-bond acceptors (Lipinski definition) is 2. The third kappa shape index (κ3) is 2.85. The zero-order chi connectivity index (χ0) is 14.8. The van der Waals surface area contributed by atoms with Gasteiger partial charge in [-0.15, -0.1) is 0 Å². The highest BCUT2D eigenvalue weighted by Gasteiger charge is 2.25. The zero-order valence-corrected chi connectivity index (χ0v) is 11.4. The first-order valence-electron chi connectivity index (χ1n) is 6.93. The molecule has 0 bridgehead atoms. The van der Waals surface area contributed by atoms with Crippen molar-refractivity contribution in [2.75, 3.05) is 6.54 Å². The number of hydrogen-bond donors (Lipinski definition) is 1. The molecular weight excluding hydrogens is 272 g/mol. The molecule has 4 heteroatoms. The van der Waals surface area contributed by atoms with Crippen molar-refractivity contribution in [2.24, 2.45) is 0 Å². The number of carbonyl (C=O) groups is 1. The third-order valence-electron chi connectivity index (χ3n) is 3.79. The van der Waals surface area contributed by atoms with E-state index in [9.17, 15) is 13.6 Å². The fraction of sp³-hybridized carbons (Fsp3) is 0.235. The summed E-state index contributed by atoms with van der Waals surface area (Å²) in [5.74, 6) is -1.85. The van der Waals surface area contributed by atoms with Crippen molar-refractivity contribution < 1.29 is 13.6 Å². The lowest BCUT2D eigenvalue weighted by Crippen LogP contribution is -2.35. The van der Waals surface area contributed by atoms with E-state index >= 15 is 0 Å². The molecule has 1 heterocycles. The standard InChI is InChI=1S/C17H15F2NO/c18-14-6-5-11(9-15(14)19)10-16(21)17-13-4-2-1-3-12(13)7-8-20-17/h1-6,9,17,20H,7-8,10H2. The van der Waals surface area contributed by atoms with Gasteiger partial charge >= 0.3 is 0 Å². The molecule has 3 rings (SSSR count). The summed E-state index contributed by atoms with van der Waals surface area (Å²) in [5.41, 5.74) is 2.64. The van der Waals surface area contributed by atoms with Crippen molar-refractivity contribution >= 4 is 5.78 Å². The van der Waals surface area contributed by atoms with Gasteiger partial charge in [0.25, 0.3) is 0 Å². The van der Waals surface area contributed by atoms with Crippen LogP contribution in [0.15, 0.2) is 42.5 Å². The van der Waals surface area contributed by atoms with Crippen LogP contribution in [-0.4, -0.2) is 12.3 Å². The first-order valence-corrected chi connectivity index (χ1v) is 6.93. The average molecular weight is 287 g/mol. The zero-order valence-electron chi connectivity index (χ0n) is 11.4.